The molecule has 0 saturated carbocycles. The molecule has 0 aromatic carbocycles. The van der Waals surface area contributed by atoms with Gasteiger partial charge in [0.05, 0.1) is 6.54 Å². The average molecular weight is 164 g/mol. The molecule has 0 aromatic heterocycles. The topological polar surface area (TPSA) is 24.4 Å². The molecule has 0 rings (SSSR count). The third kappa shape index (κ3) is 4.56. The number of terminal acetylenes is 1. The number of hydrogen-bond donors (Lipinski definition) is 1. The van der Waals surface area contributed by atoms with Gasteiger partial charge in [0, 0.05) is 6.54 Å². The minimum absolute atomic E-state index is 0.638. The number of amidine groups is 1. The molecule has 0 heterocycles. The third-order valence-corrected chi connectivity index (χ3v) is 1.46. The Balaban J connectivity index is 4.05. The lowest BCUT2D eigenvalue weighted by Gasteiger charge is -2.00. The summed E-state index contributed by atoms with van der Waals surface area (Å²) in [4.78, 5) is 4.20. The van der Waals surface area contributed by atoms with Crippen molar-refractivity contribution < 1.29 is 0 Å². The highest BCUT2D eigenvalue weighted by Gasteiger charge is 1.89. The van der Waals surface area contributed by atoms with E-state index in [1.165, 1.54) is 5.57 Å². The van der Waals surface area contributed by atoms with Gasteiger partial charge in [0.2, 0.25) is 0 Å². The summed E-state index contributed by atoms with van der Waals surface area (Å²) in [6.45, 7) is 7.52. The fraction of sp³-hybridized carbons (Fsp3) is 0.500. The molecule has 66 valence electrons. The number of rotatable bonds is 3. The Morgan fingerprint density at radius 3 is 2.75 bits per heavy atom. The average Bonchev–Trinajstić information content (AvgIpc) is 2.11. The van der Waals surface area contributed by atoms with Crippen molar-refractivity contribution in [3.05, 3.63) is 11.6 Å². The van der Waals surface area contributed by atoms with E-state index in [1.807, 2.05) is 26.8 Å². The highest BCUT2D eigenvalue weighted by Crippen LogP contribution is 1.91. The predicted molar refractivity (Wildman–Crippen MR) is 54.2 cm³/mol. The summed E-state index contributed by atoms with van der Waals surface area (Å²) in [7, 11) is 0. The van der Waals surface area contributed by atoms with Crippen molar-refractivity contribution in [1.82, 2.24) is 5.32 Å². The zero-order valence-electron chi connectivity index (χ0n) is 8.02. The molecule has 12 heavy (non-hydrogen) atoms. The molecule has 0 aromatic rings. The van der Waals surface area contributed by atoms with Gasteiger partial charge in [0.1, 0.15) is 0 Å². The molecular formula is C10H16N2. The second-order valence-electron chi connectivity index (χ2n) is 2.47. The Labute approximate surface area is 74.8 Å². The van der Waals surface area contributed by atoms with Crippen LogP contribution in [0.2, 0.25) is 0 Å². The third-order valence-electron chi connectivity index (χ3n) is 1.46. The van der Waals surface area contributed by atoms with Gasteiger partial charge < -0.3 is 5.32 Å². The molecular weight excluding hydrogens is 148 g/mol. The standard InChI is InChI=1S/C10H16N2/c1-5-9(4)8-12-10(6-2)11-7-3/h2,5H,7-8H2,1,3-4H3,(H,11,12)/b9-5-. The van der Waals surface area contributed by atoms with Crippen molar-refractivity contribution in [3.63, 3.8) is 0 Å². The Bertz CT molecular complexity index is 218. The van der Waals surface area contributed by atoms with Gasteiger partial charge in [-0.05, 0) is 26.7 Å². The largest absolute Gasteiger partial charge is 0.364 e. The van der Waals surface area contributed by atoms with Crippen molar-refractivity contribution >= 4 is 5.84 Å². The van der Waals surface area contributed by atoms with Crippen LogP contribution in [-0.2, 0) is 0 Å². The number of nitrogens with one attached hydrogen (secondary N) is 1. The van der Waals surface area contributed by atoms with Crippen LogP contribution < -0.4 is 5.32 Å². The number of aliphatic imine (C=N–C) groups is 1. The van der Waals surface area contributed by atoms with E-state index in [-0.39, 0.29) is 0 Å². The molecule has 0 radical (unpaired) electrons. The smallest absolute Gasteiger partial charge is 0.173 e. The minimum Gasteiger partial charge on any atom is -0.364 e. The number of hydrogen-bond acceptors (Lipinski definition) is 1. The first-order chi connectivity index (χ1) is 5.74. The van der Waals surface area contributed by atoms with E-state index in [4.69, 9.17) is 6.42 Å². The Morgan fingerprint density at radius 2 is 2.33 bits per heavy atom. The molecule has 0 atom stereocenters. The molecule has 0 bridgehead atoms. The maximum atomic E-state index is 5.22. The first kappa shape index (κ1) is 10.8. The van der Waals surface area contributed by atoms with Crippen molar-refractivity contribution in [3.8, 4) is 12.3 Å². The number of nitrogens with zero attached hydrogens (tertiary/aromatic N) is 1. The van der Waals surface area contributed by atoms with E-state index in [0.29, 0.717) is 12.4 Å². The lowest BCUT2D eigenvalue weighted by atomic mass is 10.3. The number of allylic oxidation sites excluding steroid dienone is 1. The summed E-state index contributed by atoms with van der Waals surface area (Å²) in [5, 5.41) is 3.00. The van der Waals surface area contributed by atoms with Crippen molar-refractivity contribution in [2.45, 2.75) is 20.8 Å². The van der Waals surface area contributed by atoms with Crippen molar-refractivity contribution in [2.75, 3.05) is 13.1 Å². The van der Waals surface area contributed by atoms with E-state index in [1.54, 1.807) is 0 Å². The molecule has 0 saturated heterocycles. The van der Waals surface area contributed by atoms with Crippen molar-refractivity contribution in [1.29, 1.82) is 0 Å². The molecule has 0 aliphatic rings. The molecule has 0 aliphatic heterocycles. The Kier molecular flexibility index (Phi) is 5.81. The molecule has 2 heteroatoms. The molecule has 0 aliphatic carbocycles. The van der Waals surface area contributed by atoms with Crippen LogP contribution in [0.4, 0.5) is 0 Å². The SMILES string of the molecule is C#CC(=NC/C(C)=C\C)NCC. The van der Waals surface area contributed by atoms with Gasteiger partial charge in [-0.3, -0.25) is 4.99 Å². The van der Waals surface area contributed by atoms with Crippen LogP contribution in [0.3, 0.4) is 0 Å². The van der Waals surface area contributed by atoms with E-state index < -0.39 is 0 Å². The summed E-state index contributed by atoms with van der Waals surface area (Å²) < 4.78 is 0. The van der Waals surface area contributed by atoms with Crippen LogP contribution in [0, 0.1) is 12.3 Å². The van der Waals surface area contributed by atoms with E-state index in [0.717, 1.165) is 6.54 Å². The van der Waals surface area contributed by atoms with Gasteiger partial charge in [-0.15, -0.1) is 6.42 Å². The van der Waals surface area contributed by atoms with Crippen molar-refractivity contribution in [2.24, 2.45) is 4.99 Å². The summed E-state index contributed by atoms with van der Waals surface area (Å²) in [5.41, 5.74) is 1.22. The molecule has 1 N–H and O–H groups in total. The zero-order chi connectivity index (χ0) is 9.40. The predicted octanol–water partition coefficient (Wildman–Crippen LogP) is 1.59. The van der Waals surface area contributed by atoms with Crippen LogP contribution in [0.25, 0.3) is 0 Å². The van der Waals surface area contributed by atoms with Crippen LogP contribution in [0.5, 0.6) is 0 Å². The molecule has 2 nitrogen and oxygen atoms in total. The summed E-state index contributed by atoms with van der Waals surface area (Å²) in [6, 6.07) is 0. The molecule has 0 unspecified atom stereocenters. The molecule has 0 amide bonds. The Morgan fingerprint density at radius 1 is 1.67 bits per heavy atom. The summed E-state index contributed by atoms with van der Waals surface area (Å²) >= 11 is 0. The lowest BCUT2D eigenvalue weighted by molar-refractivity contribution is 0.958. The normalized spacial score (nSPS) is 12.5. The first-order valence-electron chi connectivity index (χ1n) is 4.11. The van der Waals surface area contributed by atoms with Crippen LogP contribution in [-0.4, -0.2) is 18.9 Å². The fourth-order valence-corrected chi connectivity index (χ4v) is 0.615. The monoisotopic (exact) mass is 164 g/mol. The first-order valence-corrected chi connectivity index (χ1v) is 4.11. The fourth-order valence-electron chi connectivity index (χ4n) is 0.615. The molecule has 0 fully saturated rings. The highest BCUT2D eigenvalue weighted by molar-refractivity contribution is 5.97. The van der Waals surface area contributed by atoms with Gasteiger partial charge in [0.25, 0.3) is 0 Å². The van der Waals surface area contributed by atoms with Crippen LogP contribution in [0.1, 0.15) is 20.8 Å². The van der Waals surface area contributed by atoms with Gasteiger partial charge in [0.15, 0.2) is 5.84 Å². The Hall–Kier alpha value is -1.23. The maximum Gasteiger partial charge on any atom is 0.173 e. The van der Waals surface area contributed by atoms with Crippen LogP contribution >= 0.6 is 0 Å². The van der Waals surface area contributed by atoms with Gasteiger partial charge in [-0.1, -0.05) is 11.6 Å². The van der Waals surface area contributed by atoms with Crippen LogP contribution in [0.15, 0.2) is 16.6 Å². The second-order valence-corrected chi connectivity index (χ2v) is 2.47. The lowest BCUT2D eigenvalue weighted by Crippen LogP contribution is -2.21. The van der Waals surface area contributed by atoms with E-state index >= 15 is 0 Å². The van der Waals surface area contributed by atoms with E-state index in [9.17, 15) is 0 Å². The summed E-state index contributed by atoms with van der Waals surface area (Å²) in [6.07, 6.45) is 7.26. The highest BCUT2D eigenvalue weighted by atomic mass is 15.0. The van der Waals surface area contributed by atoms with Gasteiger partial charge in [-0.25, -0.2) is 0 Å². The van der Waals surface area contributed by atoms with Gasteiger partial charge in [-0.2, -0.15) is 0 Å². The zero-order valence-corrected chi connectivity index (χ0v) is 8.02. The molecule has 0 spiro atoms. The maximum absolute atomic E-state index is 5.22. The van der Waals surface area contributed by atoms with Gasteiger partial charge >= 0.3 is 0 Å². The quantitative estimate of drug-likeness (QED) is 0.291. The van der Waals surface area contributed by atoms with E-state index in [2.05, 4.69) is 16.2 Å². The summed E-state index contributed by atoms with van der Waals surface area (Å²) in [5.74, 6) is 3.13. The minimum atomic E-state index is 0.638. The second kappa shape index (κ2) is 6.48.